The summed E-state index contributed by atoms with van der Waals surface area (Å²) in [5.41, 5.74) is -1.29. The summed E-state index contributed by atoms with van der Waals surface area (Å²) in [6.45, 7) is 4.57. The van der Waals surface area contributed by atoms with E-state index in [2.05, 4.69) is 15.0 Å². The largest absolute Gasteiger partial charge is 0.469 e. The second-order valence-corrected chi connectivity index (χ2v) is 7.67. The van der Waals surface area contributed by atoms with Crippen LogP contribution in [-0.4, -0.2) is 41.1 Å². The van der Waals surface area contributed by atoms with Gasteiger partial charge in [0.15, 0.2) is 11.5 Å². The lowest BCUT2D eigenvalue weighted by atomic mass is 9.74. The van der Waals surface area contributed by atoms with Crippen LogP contribution in [0.15, 0.2) is 30.6 Å². The van der Waals surface area contributed by atoms with Gasteiger partial charge in [-0.1, -0.05) is 0 Å². The van der Waals surface area contributed by atoms with Crippen LogP contribution in [0, 0.1) is 11.3 Å². The highest BCUT2D eigenvalue weighted by molar-refractivity contribution is 5.76. The van der Waals surface area contributed by atoms with Gasteiger partial charge in [0.2, 0.25) is 0 Å². The molecule has 2 aromatic rings. The monoisotopic (exact) mass is 408 g/mol. The maximum atomic E-state index is 13.5. The number of piperidine rings is 1. The fourth-order valence-electron chi connectivity index (χ4n) is 3.58. The number of rotatable bonds is 4. The first-order valence-electron chi connectivity index (χ1n) is 9.33. The lowest BCUT2D eigenvalue weighted by Crippen LogP contribution is -2.45. The number of carbonyl (C=O) groups is 1. The predicted molar refractivity (Wildman–Crippen MR) is 101 cm³/mol. The van der Waals surface area contributed by atoms with Gasteiger partial charge in [0.05, 0.1) is 12.5 Å². The molecular formula is C20H23F3N4O2. The van der Waals surface area contributed by atoms with Crippen LogP contribution in [0.1, 0.15) is 32.4 Å². The fourth-order valence-corrected chi connectivity index (χ4v) is 3.58. The summed E-state index contributed by atoms with van der Waals surface area (Å²) >= 11 is 0. The first kappa shape index (κ1) is 21.0. The van der Waals surface area contributed by atoms with E-state index in [9.17, 15) is 18.0 Å². The quantitative estimate of drug-likeness (QED) is 0.713. The average Bonchev–Trinajstić information content (AvgIpc) is 2.72. The number of pyridine rings is 1. The van der Waals surface area contributed by atoms with Crippen LogP contribution in [0.4, 0.5) is 19.0 Å². The topological polar surface area (TPSA) is 68.2 Å². The summed E-state index contributed by atoms with van der Waals surface area (Å²) in [7, 11) is 1.34. The van der Waals surface area contributed by atoms with E-state index in [1.807, 2.05) is 0 Å². The van der Waals surface area contributed by atoms with Gasteiger partial charge in [-0.15, -0.1) is 0 Å². The molecule has 9 heteroatoms. The Morgan fingerprint density at radius 1 is 1.21 bits per heavy atom. The van der Waals surface area contributed by atoms with Crippen molar-refractivity contribution in [3.63, 3.8) is 0 Å². The van der Waals surface area contributed by atoms with E-state index >= 15 is 0 Å². The van der Waals surface area contributed by atoms with E-state index in [1.165, 1.54) is 19.5 Å². The fraction of sp³-hybridized carbons (Fsp3) is 0.500. The van der Waals surface area contributed by atoms with Crippen LogP contribution in [0.5, 0.6) is 0 Å². The molecule has 6 nitrogen and oxygen atoms in total. The molecule has 1 atom stereocenters. The molecule has 0 spiro atoms. The first-order valence-corrected chi connectivity index (χ1v) is 9.33. The zero-order valence-corrected chi connectivity index (χ0v) is 16.5. The van der Waals surface area contributed by atoms with E-state index in [0.717, 1.165) is 18.9 Å². The molecule has 1 aliphatic rings. The van der Waals surface area contributed by atoms with Crippen molar-refractivity contribution in [3.05, 3.63) is 36.3 Å². The molecule has 0 N–H and O–H groups in total. The highest BCUT2D eigenvalue weighted by Gasteiger charge is 2.41. The molecule has 29 heavy (non-hydrogen) atoms. The molecule has 0 amide bonds. The number of halogens is 3. The highest BCUT2D eigenvalue weighted by atomic mass is 19.4. The Kier molecular flexibility index (Phi) is 5.77. The summed E-state index contributed by atoms with van der Waals surface area (Å²) in [6, 6.07) is 4.11. The molecule has 0 aliphatic carbocycles. The summed E-state index contributed by atoms with van der Waals surface area (Å²) in [5, 5.41) is 0. The normalized spacial score (nSPS) is 17.9. The van der Waals surface area contributed by atoms with Crippen molar-refractivity contribution >= 4 is 11.8 Å². The van der Waals surface area contributed by atoms with Gasteiger partial charge in [-0.05, 0) is 44.7 Å². The Bertz CT molecular complexity index is 872. The number of ether oxygens (including phenoxy) is 1. The highest BCUT2D eigenvalue weighted by Crippen LogP contribution is 2.37. The van der Waals surface area contributed by atoms with Crippen molar-refractivity contribution in [2.75, 3.05) is 25.1 Å². The molecule has 0 aromatic carbocycles. The molecule has 3 rings (SSSR count). The summed E-state index contributed by atoms with van der Waals surface area (Å²) in [4.78, 5) is 26.0. The molecule has 1 aliphatic heterocycles. The number of hydrogen-bond donors (Lipinski definition) is 0. The minimum absolute atomic E-state index is 0.00780. The minimum Gasteiger partial charge on any atom is -0.469 e. The van der Waals surface area contributed by atoms with E-state index in [0.29, 0.717) is 18.7 Å². The number of hydrogen-bond acceptors (Lipinski definition) is 6. The van der Waals surface area contributed by atoms with Crippen molar-refractivity contribution in [3.8, 4) is 11.4 Å². The molecule has 156 valence electrons. The summed E-state index contributed by atoms with van der Waals surface area (Å²) in [5.74, 6) is -0.214. The Morgan fingerprint density at radius 2 is 1.90 bits per heavy atom. The lowest BCUT2D eigenvalue weighted by Gasteiger charge is -2.40. The van der Waals surface area contributed by atoms with Gasteiger partial charge in [0.25, 0.3) is 0 Å². The number of esters is 1. The lowest BCUT2D eigenvalue weighted by molar-refractivity contribution is -0.154. The van der Waals surface area contributed by atoms with E-state index in [4.69, 9.17) is 4.74 Å². The van der Waals surface area contributed by atoms with Crippen LogP contribution in [0.25, 0.3) is 11.4 Å². The zero-order chi connectivity index (χ0) is 21.2. The molecule has 2 aromatic heterocycles. The van der Waals surface area contributed by atoms with Crippen LogP contribution in [0.3, 0.4) is 0 Å². The second kappa shape index (κ2) is 7.96. The summed E-state index contributed by atoms with van der Waals surface area (Å²) in [6.07, 6.45) is -0.114. The van der Waals surface area contributed by atoms with Gasteiger partial charge in [0, 0.05) is 37.1 Å². The molecule has 1 saturated heterocycles. The number of carbonyl (C=O) groups excluding carboxylic acids is 1. The van der Waals surface area contributed by atoms with Crippen LogP contribution >= 0.6 is 0 Å². The van der Waals surface area contributed by atoms with Crippen LogP contribution < -0.4 is 4.90 Å². The predicted octanol–water partition coefficient (Wildman–Crippen LogP) is 3.97. The van der Waals surface area contributed by atoms with Gasteiger partial charge in [0.1, 0.15) is 5.82 Å². The van der Waals surface area contributed by atoms with Crippen molar-refractivity contribution < 1.29 is 22.7 Å². The number of aromatic nitrogens is 3. The van der Waals surface area contributed by atoms with Crippen LogP contribution in [-0.2, 0) is 15.7 Å². The molecule has 3 heterocycles. The minimum atomic E-state index is -4.60. The van der Waals surface area contributed by atoms with Crippen LogP contribution in [0.2, 0.25) is 0 Å². The van der Waals surface area contributed by atoms with Gasteiger partial charge < -0.3 is 9.64 Å². The van der Waals surface area contributed by atoms with E-state index in [1.54, 1.807) is 30.9 Å². The van der Waals surface area contributed by atoms with Gasteiger partial charge in [-0.3, -0.25) is 9.78 Å². The number of methoxy groups -OCH3 is 1. The standard InChI is InChI=1S/C20H23F3N4O2/c1-19(2,18(28)29-3)14-5-4-10-27(12-14)16-11-15(20(21,22)23)25-17(26-16)13-6-8-24-9-7-13/h6-9,11,14H,4-5,10,12H2,1-3H3. The third-order valence-electron chi connectivity index (χ3n) is 5.42. The van der Waals surface area contributed by atoms with Gasteiger partial charge in [-0.2, -0.15) is 13.2 Å². The number of alkyl halides is 3. The zero-order valence-electron chi connectivity index (χ0n) is 16.5. The maximum absolute atomic E-state index is 13.5. The molecule has 1 unspecified atom stereocenters. The Morgan fingerprint density at radius 3 is 2.52 bits per heavy atom. The number of nitrogens with zero attached hydrogens (tertiary/aromatic N) is 4. The maximum Gasteiger partial charge on any atom is 0.433 e. The van der Waals surface area contributed by atoms with Crippen molar-refractivity contribution in [1.82, 2.24) is 15.0 Å². The molecule has 0 radical (unpaired) electrons. The number of anilines is 1. The Balaban J connectivity index is 1.98. The molecule has 1 fully saturated rings. The first-order chi connectivity index (χ1) is 13.6. The molecule has 0 saturated carbocycles. The molecule has 0 bridgehead atoms. The second-order valence-electron chi connectivity index (χ2n) is 7.67. The summed E-state index contributed by atoms with van der Waals surface area (Å²) < 4.78 is 45.3. The average molecular weight is 408 g/mol. The third kappa shape index (κ3) is 4.49. The van der Waals surface area contributed by atoms with Gasteiger partial charge in [-0.25, -0.2) is 9.97 Å². The Hall–Kier alpha value is -2.71. The van der Waals surface area contributed by atoms with Crippen molar-refractivity contribution in [2.45, 2.75) is 32.9 Å². The SMILES string of the molecule is COC(=O)C(C)(C)C1CCCN(c2cc(C(F)(F)F)nc(-c3ccncc3)n2)C1. The van der Waals surface area contributed by atoms with Gasteiger partial charge >= 0.3 is 12.1 Å². The van der Waals surface area contributed by atoms with E-state index in [-0.39, 0.29) is 23.5 Å². The Labute approximate surface area is 167 Å². The molecular weight excluding hydrogens is 385 g/mol. The van der Waals surface area contributed by atoms with Crippen molar-refractivity contribution in [1.29, 1.82) is 0 Å². The van der Waals surface area contributed by atoms with Crippen molar-refractivity contribution in [2.24, 2.45) is 11.3 Å². The van der Waals surface area contributed by atoms with E-state index < -0.39 is 17.3 Å². The third-order valence-corrected chi connectivity index (χ3v) is 5.42. The smallest absolute Gasteiger partial charge is 0.433 e.